The minimum atomic E-state index is -0.224. The third kappa shape index (κ3) is 2.75. The van der Waals surface area contributed by atoms with Gasteiger partial charge >= 0.3 is 5.97 Å². The Morgan fingerprint density at radius 2 is 2.25 bits per heavy atom. The molecule has 0 unspecified atom stereocenters. The van der Waals surface area contributed by atoms with E-state index in [2.05, 4.69) is 22.6 Å². The molecule has 0 aliphatic carbocycles. The van der Waals surface area contributed by atoms with Gasteiger partial charge < -0.3 is 4.74 Å². The molecule has 2 nitrogen and oxygen atoms in total. The first kappa shape index (κ1) is 9.98. The van der Waals surface area contributed by atoms with Gasteiger partial charge in [0.1, 0.15) is 4.88 Å². The average molecular weight is 296 g/mol. The fourth-order valence-electron chi connectivity index (χ4n) is 0.696. The van der Waals surface area contributed by atoms with Crippen LogP contribution in [-0.4, -0.2) is 12.1 Å². The van der Waals surface area contributed by atoms with Gasteiger partial charge in [0.2, 0.25) is 0 Å². The summed E-state index contributed by atoms with van der Waals surface area (Å²) in [4.78, 5) is 11.9. The van der Waals surface area contributed by atoms with Gasteiger partial charge in [-0.2, -0.15) is 0 Å². The van der Waals surface area contributed by atoms with Crippen molar-refractivity contribution in [1.82, 2.24) is 0 Å². The van der Waals surface area contributed by atoms with Crippen LogP contribution in [0.15, 0.2) is 12.1 Å². The van der Waals surface area contributed by atoms with Gasteiger partial charge in [0, 0.05) is 0 Å². The van der Waals surface area contributed by atoms with Crippen LogP contribution in [0.3, 0.4) is 0 Å². The SMILES string of the molecule is CC(C)OC(=O)c1ccc(I)s1. The summed E-state index contributed by atoms with van der Waals surface area (Å²) < 4.78 is 6.12. The molecular weight excluding hydrogens is 287 g/mol. The molecular formula is C8H9IO2S. The molecule has 0 saturated heterocycles. The second kappa shape index (κ2) is 4.23. The lowest BCUT2D eigenvalue weighted by molar-refractivity contribution is 0.0384. The van der Waals surface area contributed by atoms with Crippen LogP contribution in [-0.2, 0) is 4.74 Å². The molecule has 0 aliphatic rings. The quantitative estimate of drug-likeness (QED) is 0.619. The van der Waals surface area contributed by atoms with Crippen molar-refractivity contribution in [2.45, 2.75) is 20.0 Å². The van der Waals surface area contributed by atoms with Gasteiger partial charge in [-0.25, -0.2) is 4.79 Å². The van der Waals surface area contributed by atoms with Crippen LogP contribution in [0, 0.1) is 2.88 Å². The van der Waals surface area contributed by atoms with Gasteiger partial charge in [-0.15, -0.1) is 11.3 Å². The van der Waals surface area contributed by atoms with Crippen LogP contribution >= 0.6 is 33.9 Å². The molecule has 1 heterocycles. The number of hydrogen-bond acceptors (Lipinski definition) is 3. The maximum atomic E-state index is 11.3. The lowest BCUT2D eigenvalue weighted by Crippen LogP contribution is -2.09. The van der Waals surface area contributed by atoms with E-state index < -0.39 is 0 Å². The summed E-state index contributed by atoms with van der Waals surface area (Å²) in [7, 11) is 0. The van der Waals surface area contributed by atoms with E-state index in [9.17, 15) is 4.79 Å². The molecule has 0 N–H and O–H groups in total. The maximum Gasteiger partial charge on any atom is 0.348 e. The Balaban J connectivity index is 2.65. The van der Waals surface area contributed by atoms with Crippen molar-refractivity contribution in [3.8, 4) is 0 Å². The highest BCUT2D eigenvalue weighted by molar-refractivity contribution is 14.1. The van der Waals surface area contributed by atoms with Crippen molar-refractivity contribution in [2.24, 2.45) is 0 Å². The Morgan fingerprint density at radius 1 is 1.58 bits per heavy atom. The Morgan fingerprint density at radius 3 is 2.67 bits per heavy atom. The van der Waals surface area contributed by atoms with E-state index in [1.54, 1.807) is 6.07 Å². The van der Waals surface area contributed by atoms with Crippen LogP contribution in [0.25, 0.3) is 0 Å². The summed E-state index contributed by atoms with van der Waals surface area (Å²) in [6.45, 7) is 3.69. The summed E-state index contributed by atoms with van der Waals surface area (Å²) in [6, 6.07) is 3.69. The summed E-state index contributed by atoms with van der Waals surface area (Å²) in [5.41, 5.74) is 0. The number of ether oxygens (including phenoxy) is 1. The molecule has 4 heteroatoms. The van der Waals surface area contributed by atoms with Crippen molar-refractivity contribution < 1.29 is 9.53 Å². The van der Waals surface area contributed by atoms with E-state index in [1.165, 1.54) is 11.3 Å². The van der Waals surface area contributed by atoms with Crippen molar-refractivity contribution in [2.75, 3.05) is 0 Å². The van der Waals surface area contributed by atoms with Crippen molar-refractivity contribution >= 4 is 39.9 Å². The first-order valence-electron chi connectivity index (χ1n) is 3.56. The second-order valence-electron chi connectivity index (χ2n) is 2.56. The van der Waals surface area contributed by atoms with Gasteiger partial charge in [-0.3, -0.25) is 0 Å². The fraction of sp³-hybridized carbons (Fsp3) is 0.375. The molecule has 0 saturated carbocycles. The summed E-state index contributed by atoms with van der Waals surface area (Å²) in [5, 5.41) is 0. The molecule has 66 valence electrons. The van der Waals surface area contributed by atoms with Crippen molar-refractivity contribution in [3.63, 3.8) is 0 Å². The predicted molar refractivity (Wildman–Crippen MR) is 57.6 cm³/mol. The largest absolute Gasteiger partial charge is 0.459 e. The van der Waals surface area contributed by atoms with E-state index in [4.69, 9.17) is 4.74 Å². The first-order valence-corrected chi connectivity index (χ1v) is 5.45. The van der Waals surface area contributed by atoms with E-state index in [0.29, 0.717) is 4.88 Å². The molecule has 1 aromatic rings. The first-order chi connectivity index (χ1) is 5.59. The molecule has 12 heavy (non-hydrogen) atoms. The predicted octanol–water partition coefficient (Wildman–Crippen LogP) is 2.92. The summed E-state index contributed by atoms with van der Waals surface area (Å²) in [6.07, 6.45) is -0.0442. The van der Waals surface area contributed by atoms with E-state index in [1.807, 2.05) is 19.9 Å². The van der Waals surface area contributed by atoms with E-state index >= 15 is 0 Å². The molecule has 0 amide bonds. The van der Waals surface area contributed by atoms with Gasteiger partial charge in [0.05, 0.1) is 8.99 Å². The van der Waals surface area contributed by atoms with Gasteiger partial charge in [0.25, 0.3) is 0 Å². The van der Waals surface area contributed by atoms with Crippen LogP contribution in [0.4, 0.5) is 0 Å². The number of carbonyl (C=O) groups excluding carboxylic acids is 1. The molecule has 0 bridgehead atoms. The van der Waals surface area contributed by atoms with Gasteiger partial charge in [-0.1, -0.05) is 0 Å². The zero-order valence-corrected chi connectivity index (χ0v) is 9.81. The lowest BCUT2D eigenvalue weighted by atomic mass is 10.4. The highest BCUT2D eigenvalue weighted by atomic mass is 127. The van der Waals surface area contributed by atoms with Gasteiger partial charge in [0.15, 0.2) is 0 Å². The smallest absolute Gasteiger partial charge is 0.348 e. The molecule has 0 atom stereocenters. The average Bonchev–Trinajstić information content (AvgIpc) is 2.34. The number of halogens is 1. The molecule has 0 aliphatic heterocycles. The van der Waals surface area contributed by atoms with Crippen LogP contribution in [0.1, 0.15) is 23.5 Å². The third-order valence-corrected chi connectivity index (χ3v) is 2.99. The zero-order chi connectivity index (χ0) is 9.14. The Bertz CT molecular complexity index is 280. The molecule has 0 fully saturated rings. The summed E-state index contributed by atoms with van der Waals surface area (Å²) >= 11 is 3.63. The highest BCUT2D eigenvalue weighted by Gasteiger charge is 2.10. The van der Waals surface area contributed by atoms with E-state index in [0.717, 1.165) is 2.88 Å². The van der Waals surface area contributed by atoms with Crippen molar-refractivity contribution in [1.29, 1.82) is 0 Å². The normalized spacial score (nSPS) is 10.3. The number of carbonyl (C=O) groups is 1. The monoisotopic (exact) mass is 296 g/mol. The van der Waals surface area contributed by atoms with Crippen LogP contribution in [0.5, 0.6) is 0 Å². The lowest BCUT2D eigenvalue weighted by Gasteiger charge is -2.05. The Hall–Kier alpha value is -0.100. The molecule has 0 aromatic carbocycles. The molecule has 0 radical (unpaired) electrons. The Kier molecular flexibility index (Phi) is 3.52. The van der Waals surface area contributed by atoms with Crippen LogP contribution < -0.4 is 0 Å². The third-order valence-electron chi connectivity index (χ3n) is 1.12. The van der Waals surface area contributed by atoms with Gasteiger partial charge in [-0.05, 0) is 48.6 Å². The Labute approximate surface area is 89.1 Å². The molecule has 1 rings (SSSR count). The number of esters is 1. The number of rotatable bonds is 2. The number of hydrogen-bond donors (Lipinski definition) is 0. The minimum Gasteiger partial charge on any atom is -0.459 e. The zero-order valence-electron chi connectivity index (χ0n) is 6.83. The van der Waals surface area contributed by atoms with Crippen molar-refractivity contribution in [3.05, 3.63) is 19.9 Å². The van der Waals surface area contributed by atoms with E-state index in [-0.39, 0.29) is 12.1 Å². The minimum absolute atomic E-state index is 0.0442. The topological polar surface area (TPSA) is 26.3 Å². The fourth-order valence-corrected chi connectivity index (χ4v) is 2.20. The second-order valence-corrected chi connectivity index (χ2v) is 5.54. The van der Waals surface area contributed by atoms with Crippen LogP contribution in [0.2, 0.25) is 0 Å². The molecule has 1 aromatic heterocycles. The molecule has 0 spiro atoms. The summed E-state index contributed by atoms with van der Waals surface area (Å²) in [5.74, 6) is -0.224. The maximum absolute atomic E-state index is 11.3. The highest BCUT2D eigenvalue weighted by Crippen LogP contribution is 2.19. The standard InChI is InChI=1S/C8H9IO2S/c1-5(2)11-8(10)6-3-4-7(9)12-6/h3-5H,1-2H3. The number of thiophene rings is 1.